The maximum Gasteiger partial charge on any atom is 0.125 e. The molecule has 0 aromatic heterocycles. The van der Waals surface area contributed by atoms with E-state index in [1.54, 1.807) is 6.07 Å². The Kier molecular flexibility index (Phi) is 4.53. The van der Waals surface area contributed by atoms with Crippen molar-refractivity contribution < 1.29 is 8.78 Å². The summed E-state index contributed by atoms with van der Waals surface area (Å²) in [4.78, 5) is 1.99. The molecular weight excluding hydrogens is 312 g/mol. The first kappa shape index (κ1) is 14.0. The summed E-state index contributed by atoms with van der Waals surface area (Å²) in [5, 5.41) is 0. The normalized spacial score (nSPS) is 10.5. The van der Waals surface area contributed by atoms with Gasteiger partial charge in [-0.15, -0.1) is 0 Å². The highest BCUT2D eigenvalue weighted by molar-refractivity contribution is 9.10. The van der Waals surface area contributed by atoms with Crippen molar-refractivity contribution in [1.82, 2.24) is 0 Å². The van der Waals surface area contributed by atoms with E-state index in [1.807, 2.05) is 24.0 Å². The van der Waals surface area contributed by atoms with E-state index in [0.29, 0.717) is 11.0 Å². The van der Waals surface area contributed by atoms with Crippen LogP contribution in [0.1, 0.15) is 12.5 Å². The van der Waals surface area contributed by atoms with Crippen molar-refractivity contribution in [3.05, 3.63) is 64.1 Å². The third kappa shape index (κ3) is 3.77. The van der Waals surface area contributed by atoms with Gasteiger partial charge in [0.1, 0.15) is 11.6 Å². The number of nitrogens with zero attached hydrogens (tertiary/aromatic N) is 1. The number of rotatable bonds is 4. The summed E-state index contributed by atoms with van der Waals surface area (Å²) >= 11 is 3.27. The second-order valence-electron chi connectivity index (χ2n) is 4.27. The lowest BCUT2D eigenvalue weighted by molar-refractivity contribution is 0.622. The highest BCUT2D eigenvalue weighted by Crippen LogP contribution is 2.21. The molecule has 0 N–H and O–H groups in total. The molecule has 0 saturated carbocycles. The van der Waals surface area contributed by atoms with Gasteiger partial charge in [-0.1, -0.05) is 22.0 Å². The van der Waals surface area contributed by atoms with Crippen LogP contribution in [0.5, 0.6) is 0 Å². The lowest BCUT2D eigenvalue weighted by Crippen LogP contribution is -2.22. The molecule has 0 unspecified atom stereocenters. The molecule has 19 heavy (non-hydrogen) atoms. The zero-order valence-electron chi connectivity index (χ0n) is 10.5. The van der Waals surface area contributed by atoms with Gasteiger partial charge in [-0.25, -0.2) is 8.78 Å². The number of benzene rings is 2. The average Bonchev–Trinajstić information content (AvgIpc) is 2.34. The monoisotopic (exact) mass is 325 g/mol. The van der Waals surface area contributed by atoms with E-state index in [1.165, 1.54) is 24.3 Å². The van der Waals surface area contributed by atoms with Gasteiger partial charge in [0.2, 0.25) is 0 Å². The minimum Gasteiger partial charge on any atom is -0.367 e. The average molecular weight is 326 g/mol. The van der Waals surface area contributed by atoms with Gasteiger partial charge in [-0.05, 0) is 48.9 Å². The molecular formula is C15H14BrF2N. The molecule has 4 heteroatoms. The fourth-order valence-electron chi connectivity index (χ4n) is 1.98. The molecule has 0 spiro atoms. The summed E-state index contributed by atoms with van der Waals surface area (Å²) in [6.07, 6.45) is 0. The first-order valence-electron chi connectivity index (χ1n) is 6.04. The number of halogens is 3. The van der Waals surface area contributed by atoms with Gasteiger partial charge in [-0.3, -0.25) is 0 Å². The molecule has 100 valence electrons. The van der Waals surface area contributed by atoms with E-state index in [4.69, 9.17) is 0 Å². The molecule has 0 aliphatic carbocycles. The van der Waals surface area contributed by atoms with Crippen LogP contribution < -0.4 is 4.90 Å². The molecule has 0 saturated heterocycles. The SMILES string of the molecule is CCN(Cc1cc(F)cc(Br)c1)c1cccc(F)c1. The Morgan fingerprint density at radius 3 is 2.47 bits per heavy atom. The topological polar surface area (TPSA) is 3.24 Å². The minimum absolute atomic E-state index is 0.267. The van der Waals surface area contributed by atoms with E-state index in [2.05, 4.69) is 15.9 Å². The zero-order valence-corrected chi connectivity index (χ0v) is 12.1. The molecule has 2 aromatic rings. The summed E-state index contributed by atoms with van der Waals surface area (Å²) in [6, 6.07) is 11.2. The third-order valence-electron chi connectivity index (χ3n) is 2.85. The summed E-state index contributed by atoms with van der Waals surface area (Å²) in [5.41, 5.74) is 1.64. The second-order valence-corrected chi connectivity index (χ2v) is 5.19. The van der Waals surface area contributed by atoms with Gasteiger partial charge >= 0.3 is 0 Å². The fourth-order valence-corrected chi connectivity index (χ4v) is 2.49. The van der Waals surface area contributed by atoms with Gasteiger partial charge in [0.25, 0.3) is 0 Å². The molecule has 0 atom stereocenters. The van der Waals surface area contributed by atoms with E-state index in [9.17, 15) is 8.78 Å². The molecule has 0 heterocycles. The number of anilines is 1. The predicted octanol–water partition coefficient (Wildman–Crippen LogP) is 4.75. The van der Waals surface area contributed by atoms with E-state index >= 15 is 0 Å². The first-order chi connectivity index (χ1) is 9.08. The molecule has 1 nitrogen and oxygen atoms in total. The van der Waals surface area contributed by atoms with Crippen molar-refractivity contribution in [2.45, 2.75) is 13.5 Å². The molecule has 0 aliphatic rings. The van der Waals surface area contributed by atoms with E-state index in [0.717, 1.165) is 17.8 Å². The molecule has 0 fully saturated rings. The Labute approximate surface area is 120 Å². The van der Waals surface area contributed by atoms with E-state index < -0.39 is 0 Å². The van der Waals surface area contributed by atoms with Crippen LogP contribution >= 0.6 is 15.9 Å². The minimum atomic E-state index is -0.278. The lowest BCUT2D eigenvalue weighted by Gasteiger charge is -2.23. The highest BCUT2D eigenvalue weighted by Gasteiger charge is 2.07. The highest BCUT2D eigenvalue weighted by atomic mass is 79.9. The second kappa shape index (κ2) is 6.15. The molecule has 0 radical (unpaired) electrons. The molecule has 2 rings (SSSR count). The van der Waals surface area contributed by atoms with Crippen molar-refractivity contribution in [3.8, 4) is 0 Å². The van der Waals surface area contributed by atoms with Crippen molar-refractivity contribution >= 4 is 21.6 Å². The van der Waals surface area contributed by atoms with Crippen molar-refractivity contribution in [2.75, 3.05) is 11.4 Å². The Balaban J connectivity index is 2.23. The van der Waals surface area contributed by atoms with E-state index in [-0.39, 0.29) is 11.6 Å². The van der Waals surface area contributed by atoms with Gasteiger partial charge in [0, 0.05) is 23.2 Å². The van der Waals surface area contributed by atoms with Crippen LogP contribution in [0.3, 0.4) is 0 Å². The Hall–Kier alpha value is -1.42. The first-order valence-corrected chi connectivity index (χ1v) is 6.83. The summed E-state index contributed by atoms with van der Waals surface area (Å²) in [7, 11) is 0. The van der Waals surface area contributed by atoms with Crippen LogP contribution in [-0.4, -0.2) is 6.54 Å². The standard InChI is InChI=1S/C15H14BrF2N/c1-2-19(15-5-3-4-13(17)9-15)10-11-6-12(16)8-14(18)7-11/h3-9H,2,10H2,1H3. The van der Waals surface area contributed by atoms with Crippen molar-refractivity contribution in [2.24, 2.45) is 0 Å². The molecule has 2 aromatic carbocycles. The third-order valence-corrected chi connectivity index (χ3v) is 3.31. The molecule has 0 amide bonds. The van der Waals surface area contributed by atoms with Crippen LogP contribution in [0, 0.1) is 11.6 Å². The maximum absolute atomic E-state index is 13.3. The van der Waals surface area contributed by atoms with Gasteiger partial charge in [-0.2, -0.15) is 0 Å². The fraction of sp³-hybridized carbons (Fsp3) is 0.200. The largest absolute Gasteiger partial charge is 0.367 e. The van der Waals surface area contributed by atoms with Crippen molar-refractivity contribution in [3.63, 3.8) is 0 Å². The van der Waals surface area contributed by atoms with Crippen LogP contribution in [0.25, 0.3) is 0 Å². The Morgan fingerprint density at radius 2 is 1.84 bits per heavy atom. The Bertz CT molecular complexity index is 552. The van der Waals surface area contributed by atoms with Crippen LogP contribution in [0.4, 0.5) is 14.5 Å². The zero-order chi connectivity index (χ0) is 13.8. The maximum atomic E-state index is 13.3. The van der Waals surface area contributed by atoms with Gasteiger partial charge in [0.15, 0.2) is 0 Å². The Morgan fingerprint density at radius 1 is 1.05 bits per heavy atom. The number of hydrogen-bond donors (Lipinski definition) is 0. The summed E-state index contributed by atoms with van der Waals surface area (Å²) < 4.78 is 27.3. The van der Waals surface area contributed by atoms with Crippen LogP contribution in [-0.2, 0) is 6.54 Å². The summed E-state index contributed by atoms with van der Waals surface area (Å²) in [6.45, 7) is 3.24. The van der Waals surface area contributed by atoms with Gasteiger partial charge in [0.05, 0.1) is 0 Å². The van der Waals surface area contributed by atoms with Crippen molar-refractivity contribution in [1.29, 1.82) is 0 Å². The smallest absolute Gasteiger partial charge is 0.125 e. The number of hydrogen-bond acceptors (Lipinski definition) is 1. The predicted molar refractivity (Wildman–Crippen MR) is 77.2 cm³/mol. The lowest BCUT2D eigenvalue weighted by atomic mass is 10.2. The van der Waals surface area contributed by atoms with Crippen LogP contribution in [0.15, 0.2) is 46.9 Å². The molecule has 0 aliphatic heterocycles. The summed E-state index contributed by atoms with van der Waals surface area (Å²) in [5.74, 6) is -0.545. The quantitative estimate of drug-likeness (QED) is 0.783. The molecule has 0 bridgehead atoms. The van der Waals surface area contributed by atoms with Crippen LogP contribution in [0.2, 0.25) is 0 Å². The van der Waals surface area contributed by atoms with Gasteiger partial charge < -0.3 is 4.90 Å².